The summed E-state index contributed by atoms with van der Waals surface area (Å²) in [6.45, 7) is 7.23. The smallest absolute Gasteiger partial charge is 0.341 e. The van der Waals surface area contributed by atoms with Gasteiger partial charge in [-0.3, -0.25) is 19.3 Å². The van der Waals surface area contributed by atoms with Crippen molar-refractivity contribution in [3.8, 4) is 11.1 Å². The van der Waals surface area contributed by atoms with Gasteiger partial charge in [0.1, 0.15) is 16.6 Å². The van der Waals surface area contributed by atoms with Gasteiger partial charge < -0.3 is 10.1 Å². The minimum Gasteiger partial charge on any atom is -0.462 e. The summed E-state index contributed by atoms with van der Waals surface area (Å²) in [6, 6.07) is 12.5. The maximum Gasteiger partial charge on any atom is 0.341 e. The molecule has 0 radical (unpaired) electrons. The van der Waals surface area contributed by atoms with Crippen molar-refractivity contribution < 1.29 is 23.9 Å². The van der Waals surface area contributed by atoms with E-state index in [1.165, 1.54) is 11.3 Å². The van der Waals surface area contributed by atoms with Crippen LogP contribution >= 0.6 is 22.9 Å². The van der Waals surface area contributed by atoms with E-state index < -0.39 is 29.7 Å². The number of nitrogens with zero attached hydrogens (tertiary/aromatic N) is 1. The molecule has 9 heteroatoms. The van der Waals surface area contributed by atoms with Crippen molar-refractivity contribution in [1.82, 2.24) is 4.90 Å². The van der Waals surface area contributed by atoms with Gasteiger partial charge >= 0.3 is 5.97 Å². The third-order valence-corrected chi connectivity index (χ3v) is 7.21. The molecule has 1 atom stereocenters. The summed E-state index contributed by atoms with van der Waals surface area (Å²) < 4.78 is 5.31. The number of hydrogen-bond donors (Lipinski definition) is 1. The number of nitrogens with one attached hydrogen (secondary N) is 1. The molecule has 3 aromatic rings. The fourth-order valence-electron chi connectivity index (χ4n) is 4.36. The summed E-state index contributed by atoms with van der Waals surface area (Å²) in [5, 5.41) is 3.67. The van der Waals surface area contributed by atoms with Crippen LogP contribution in [0.15, 0.2) is 48.5 Å². The second kappa shape index (κ2) is 10.2. The van der Waals surface area contributed by atoms with Gasteiger partial charge in [-0.05, 0) is 49.6 Å². The summed E-state index contributed by atoms with van der Waals surface area (Å²) in [6.07, 6.45) is 0. The van der Waals surface area contributed by atoms with Crippen molar-refractivity contribution >= 4 is 51.6 Å². The van der Waals surface area contributed by atoms with Crippen molar-refractivity contribution in [2.45, 2.75) is 33.7 Å². The van der Waals surface area contributed by atoms with Crippen LogP contribution in [0.4, 0.5) is 5.00 Å². The number of anilines is 1. The Bertz CT molecular complexity index is 1330. The van der Waals surface area contributed by atoms with Gasteiger partial charge in [0.15, 0.2) is 0 Å². The number of imide groups is 1. The van der Waals surface area contributed by atoms with E-state index in [1.807, 2.05) is 6.92 Å². The Kier molecular flexibility index (Phi) is 7.28. The number of ether oxygens (including phenoxy) is 1. The molecule has 4 rings (SSSR count). The Morgan fingerprint density at radius 2 is 1.61 bits per heavy atom. The van der Waals surface area contributed by atoms with Gasteiger partial charge in [0.25, 0.3) is 11.8 Å². The van der Waals surface area contributed by atoms with E-state index in [2.05, 4.69) is 5.32 Å². The van der Waals surface area contributed by atoms with Crippen molar-refractivity contribution in [2.75, 3.05) is 11.9 Å². The third kappa shape index (κ3) is 4.54. The molecule has 36 heavy (non-hydrogen) atoms. The first kappa shape index (κ1) is 25.6. The SMILES string of the molecule is CCOC(=O)c1c(NC(=O)C(C(C)C)N2C(=O)c3ccccc3C2=O)sc(C)c1-c1ccc(Cl)cc1. The Hall–Kier alpha value is -3.49. The van der Waals surface area contributed by atoms with E-state index in [4.69, 9.17) is 16.3 Å². The highest BCUT2D eigenvalue weighted by atomic mass is 35.5. The number of carbonyl (C=O) groups excluding carboxylic acids is 4. The van der Waals surface area contributed by atoms with Crippen molar-refractivity contribution in [1.29, 1.82) is 0 Å². The lowest BCUT2D eigenvalue weighted by atomic mass is 10.00. The van der Waals surface area contributed by atoms with E-state index in [9.17, 15) is 19.2 Å². The van der Waals surface area contributed by atoms with Gasteiger partial charge in [-0.15, -0.1) is 11.3 Å². The highest BCUT2D eigenvalue weighted by Crippen LogP contribution is 2.41. The topological polar surface area (TPSA) is 92.8 Å². The summed E-state index contributed by atoms with van der Waals surface area (Å²) >= 11 is 7.27. The molecular weight excluding hydrogens is 500 g/mol. The number of thiophene rings is 1. The number of hydrogen-bond acceptors (Lipinski definition) is 6. The van der Waals surface area contributed by atoms with Gasteiger partial charge in [0.05, 0.1) is 17.7 Å². The molecule has 0 spiro atoms. The zero-order valence-corrected chi connectivity index (χ0v) is 21.8. The molecule has 1 unspecified atom stereocenters. The molecule has 3 amide bonds. The maximum atomic E-state index is 13.6. The summed E-state index contributed by atoms with van der Waals surface area (Å²) in [4.78, 5) is 54.6. The van der Waals surface area contributed by atoms with Crippen molar-refractivity contribution in [3.05, 3.63) is 75.1 Å². The van der Waals surface area contributed by atoms with Gasteiger partial charge in [0, 0.05) is 15.5 Å². The van der Waals surface area contributed by atoms with Crippen LogP contribution < -0.4 is 5.32 Å². The predicted octanol–water partition coefficient (Wildman–Crippen LogP) is 5.81. The largest absolute Gasteiger partial charge is 0.462 e. The molecule has 0 aliphatic carbocycles. The molecule has 2 aromatic carbocycles. The van der Waals surface area contributed by atoms with E-state index in [1.54, 1.807) is 69.3 Å². The Balaban J connectivity index is 1.73. The monoisotopic (exact) mass is 524 g/mol. The molecule has 0 bridgehead atoms. The molecule has 7 nitrogen and oxygen atoms in total. The quantitative estimate of drug-likeness (QED) is 0.311. The van der Waals surface area contributed by atoms with Crippen LogP contribution in [0.2, 0.25) is 5.02 Å². The van der Waals surface area contributed by atoms with E-state index >= 15 is 0 Å². The highest BCUT2D eigenvalue weighted by Gasteiger charge is 2.44. The first-order chi connectivity index (χ1) is 17.1. The normalized spacial score (nSPS) is 13.7. The minimum atomic E-state index is -1.08. The summed E-state index contributed by atoms with van der Waals surface area (Å²) in [7, 11) is 0. The molecule has 1 N–H and O–H groups in total. The number of carbonyl (C=O) groups is 4. The maximum absolute atomic E-state index is 13.6. The predicted molar refractivity (Wildman–Crippen MR) is 140 cm³/mol. The van der Waals surface area contributed by atoms with Crippen molar-refractivity contribution in [3.63, 3.8) is 0 Å². The van der Waals surface area contributed by atoms with Crippen molar-refractivity contribution in [2.24, 2.45) is 5.92 Å². The fourth-order valence-corrected chi connectivity index (χ4v) is 5.55. The number of fused-ring (bicyclic) bond motifs is 1. The van der Waals surface area contributed by atoms with Crippen LogP contribution in [0.5, 0.6) is 0 Å². The van der Waals surface area contributed by atoms with Crippen LogP contribution in [0.3, 0.4) is 0 Å². The van der Waals surface area contributed by atoms with Crippen LogP contribution in [0, 0.1) is 12.8 Å². The summed E-state index contributed by atoms with van der Waals surface area (Å²) in [5.74, 6) is -2.55. The van der Waals surface area contributed by atoms with Gasteiger partial charge in [0.2, 0.25) is 5.91 Å². The van der Waals surface area contributed by atoms with Gasteiger partial charge in [-0.1, -0.05) is 49.7 Å². The Morgan fingerprint density at radius 3 is 2.14 bits per heavy atom. The van der Waals surface area contributed by atoms with Crippen LogP contribution in [-0.4, -0.2) is 41.2 Å². The highest BCUT2D eigenvalue weighted by molar-refractivity contribution is 7.17. The van der Waals surface area contributed by atoms with E-state index in [0.717, 1.165) is 15.3 Å². The molecule has 0 saturated heterocycles. The number of rotatable bonds is 7. The molecular formula is C27H25ClN2O5S. The van der Waals surface area contributed by atoms with Crippen LogP contribution in [0.1, 0.15) is 56.7 Å². The second-order valence-electron chi connectivity index (χ2n) is 8.67. The number of aryl methyl sites for hydroxylation is 1. The lowest BCUT2D eigenvalue weighted by Gasteiger charge is -2.28. The first-order valence-corrected chi connectivity index (χ1v) is 12.7. The Labute approximate surface area is 218 Å². The average molecular weight is 525 g/mol. The van der Waals surface area contributed by atoms with E-state index in [0.29, 0.717) is 15.6 Å². The molecule has 186 valence electrons. The molecule has 1 aliphatic heterocycles. The summed E-state index contributed by atoms with van der Waals surface area (Å²) in [5.41, 5.74) is 2.14. The van der Waals surface area contributed by atoms with Crippen LogP contribution in [-0.2, 0) is 9.53 Å². The molecule has 2 heterocycles. The van der Waals surface area contributed by atoms with E-state index in [-0.39, 0.29) is 29.2 Å². The van der Waals surface area contributed by atoms with Gasteiger partial charge in [-0.25, -0.2) is 4.79 Å². The molecule has 0 fully saturated rings. The zero-order chi connectivity index (χ0) is 26.1. The minimum absolute atomic E-state index is 0.158. The number of esters is 1. The molecule has 1 aromatic heterocycles. The third-order valence-electron chi connectivity index (χ3n) is 5.94. The first-order valence-electron chi connectivity index (χ1n) is 11.5. The lowest BCUT2D eigenvalue weighted by Crippen LogP contribution is -2.50. The fraction of sp³-hybridized carbons (Fsp3) is 0.259. The van der Waals surface area contributed by atoms with Gasteiger partial charge in [-0.2, -0.15) is 0 Å². The zero-order valence-electron chi connectivity index (χ0n) is 20.3. The number of halogens is 1. The standard InChI is InChI=1S/C27H25ClN2O5S/c1-5-35-27(34)21-20(16-10-12-17(28)13-11-16)15(4)36-24(21)29-23(31)22(14(2)3)30-25(32)18-8-6-7-9-19(18)26(30)33/h6-14,22H,5H2,1-4H3,(H,29,31). The lowest BCUT2D eigenvalue weighted by molar-refractivity contribution is -0.121. The second-order valence-corrected chi connectivity index (χ2v) is 10.3. The Morgan fingerprint density at radius 1 is 1.03 bits per heavy atom. The molecule has 0 saturated carbocycles. The van der Waals surface area contributed by atoms with Crippen LogP contribution in [0.25, 0.3) is 11.1 Å². The average Bonchev–Trinajstić information content (AvgIpc) is 3.29. The number of amides is 3. The molecule has 1 aliphatic rings. The number of benzene rings is 2.